The molecule has 8 rings (SSSR count). The third kappa shape index (κ3) is 5.63. The minimum absolute atomic E-state index is 0.0147. The lowest BCUT2D eigenvalue weighted by Crippen LogP contribution is -2.51. The number of nitrogens with zero attached hydrogens (tertiary/aromatic N) is 5. The van der Waals surface area contributed by atoms with Gasteiger partial charge in [0, 0.05) is 67.4 Å². The third-order valence-electron chi connectivity index (χ3n) is 10.5. The molecule has 244 valence electrons. The number of pyridine rings is 1. The Hall–Kier alpha value is -4.07. The molecule has 1 aliphatic carbocycles. The molecule has 0 radical (unpaired) electrons. The molecular weight excluding hydrogens is 598 g/mol. The van der Waals surface area contributed by atoms with Crippen molar-refractivity contribution < 1.29 is 18.6 Å². The van der Waals surface area contributed by atoms with Crippen LogP contribution in [-0.2, 0) is 6.42 Å². The first-order chi connectivity index (χ1) is 22.8. The summed E-state index contributed by atoms with van der Waals surface area (Å²) in [4.78, 5) is 19.6. The van der Waals surface area contributed by atoms with Gasteiger partial charge in [0.1, 0.15) is 28.8 Å². The third-order valence-corrected chi connectivity index (χ3v) is 10.5. The zero-order valence-electron chi connectivity index (χ0n) is 26.7. The average Bonchev–Trinajstić information content (AvgIpc) is 3.58. The maximum absolute atomic E-state index is 15.0. The Bertz CT molecular complexity index is 1890. The van der Waals surface area contributed by atoms with E-state index in [2.05, 4.69) is 28.0 Å². The number of phenols is 1. The van der Waals surface area contributed by atoms with Gasteiger partial charge in [-0.3, -0.25) is 9.88 Å². The largest absolute Gasteiger partial charge is 0.508 e. The van der Waals surface area contributed by atoms with Crippen molar-refractivity contribution in [3.63, 3.8) is 0 Å². The van der Waals surface area contributed by atoms with Crippen molar-refractivity contribution >= 4 is 27.6 Å². The Balaban J connectivity index is 1.26. The number of alkyl halides is 1. The fraction of sp³-hybridized carbons (Fsp3) is 0.486. The van der Waals surface area contributed by atoms with Crippen molar-refractivity contribution in [2.45, 2.75) is 70.1 Å². The summed E-state index contributed by atoms with van der Waals surface area (Å²) in [6.45, 7) is 6.31. The summed E-state index contributed by atoms with van der Waals surface area (Å²) in [5.74, 6) is 2.86. The number of aromatic nitrogens is 3. The summed E-state index contributed by atoms with van der Waals surface area (Å²) in [6, 6.07) is 7.30. The number of aryl methyl sites for hydroxylation is 1. The smallest absolute Gasteiger partial charge is 0.319 e. The average molecular weight is 639 g/mol. The van der Waals surface area contributed by atoms with Crippen LogP contribution in [0, 0.1) is 23.6 Å². The molecule has 3 aliphatic heterocycles. The van der Waals surface area contributed by atoms with Gasteiger partial charge in [0.2, 0.25) is 0 Å². The van der Waals surface area contributed by atoms with Gasteiger partial charge in [-0.1, -0.05) is 25.3 Å². The van der Waals surface area contributed by atoms with Crippen LogP contribution in [0.5, 0.6) is 11.8 Å². The molecule has 47 heavy (non-hydrogen) atoms. The van der Waals surface area contributed by atoms with Gasteiger partial charge < -0.3 is 20.1 Å². The van der Waals surface area contributed by atoms with E-state index in [1.165, 1.54) is 6.07 Å². The molecule has 5 heterocycles. The molecule has 0 amide bonds. The molecule has 2 N–H and O–H groups in total. The van der Waals surface area contributed by atoms with Crippen LogP contribution in [0.2, 0.25) is 0 Å². The van der Waals surface area contributed by atoms with Gasteiger partial charge in [-0.15, -0.1) is 6.42 Å². The van der Waals surface area contributed by atoms with Gasteiger partial charge in [0.15, 0.2) is 5.82 Å². The molecule has 3 saturated heterocycles. The first-order valence-corrected chi connectivity index (χ1v) is 16.9. The van der Waals surface area contributed by atoms with Gasteiger partial charge >= 0.3 is 6.01 Å². The monoisotopic (exact) mass is 638 g/mol. The summed E-state index contributed by atoms with van der Waals surface area (Å²) in [6.07, 6.45) is 13.3. The minimum Gasteiger partial charge on any atom is -0.508 e. The molecule has 8 nitrogen and oxygen atoms in total. The molecule has 3 atom stereocenters. The number of benzene rings is 2. The number of ether oxygens (including phenoxy) is 1. The van der Waals surface area contributed by atoms with E-state index in [1.54, 1.807) is 24.4 Å². The second kappa shape index (κ2) is 11.9. The van der Waals surface area contributed by atoms with E-state index in [9.17, 15) is 9.50 Å². The van der Waals surface area contributed by atoms with Crippen LogP contribution in [-0.4, -0.2) is 82.5 Å². The second-order valence-electron chi connectivity index (χ2n) is 14.0. The van der Waals surface area contributed by atoms with Crippen molar-refractivity contribution in [3.8, 4) is 35.2 Å². The highest BCUT2D eigenvalue weighted by Gasteiger charge is 2.46. The predicted molar refractivity (Wildman–Crippen MR) is 179 cm³/mol. The predicted octanol–water partition coefficient (Wildman–Crippen LogP) is 5.77. The zero-order valence-corrected chi connectivity index (χ0v) is 26.7. The van der Waals surface area contributed by atoms with Crippen LogP contribution in [0.25, 0.3) is 32.9 Å². The van der Waals surface area contributed by atoms with E-state index in [-0.39, 0.29) is 16.7 Å². The molecule has 2 aromatic heterocycles. The number of fused-ring (bicyclic) bond motifs is 4. The van der Waals surface area contributed by atoms with E-state index in [1.807, 2.05) is 0 Å². The standard InChI is InChI=1S/C37H40F2N6O2/c1-3-5-28-30(29-15-26(46)14-22-6-9-31(39)27(4-2)32(22)29)16-40-34-33(28)42-36(43-35(34)45-18-24-7-8-25(19-45)41-24)47-21-37(11-12-37)20-44-13-10-23(38)17-44/h2,6,9,14-16,23-25,41,46H,3,5,7-8,10-13,17-21H2,1H3/t23-,24?,25?/m1/s1. The van der Waals surface area contributed by atoms with Crippen molar-refractivity contribution in [2.75, 3.05) is 44.2 Å². The molecule has 1 saturated carbocycles. The Kier molecular flexibility index (Phi) is 7.65. The van der Waals surface area contributed by atoms with Crippen LogP contribution >= 0.6 is 0 Å². The lowest BCUT2D eigenvalue weighted by atomic mass is 9.90. The molecule has 4 aliphatic rings. The normalized spacial score (nSPS) is 23.4. The number of nitrogens with one attached hydrogen (secondary N) is 1. The number of likely N-dealkylation sites (tertiary alicyclic amines) is 1. The number of piperazine rings is 1. The Morgan fingerprint density at radius 2 is 1.89 bits per heavy atom. The van der Waals surface area contributed by atoms with Crippen LogP contribution < -0.4 is 15.0 Å². The molecule has 0 spiro atoms. The quantitative estimate of drug-likeness (QED) is 0.224. The molecule has 2 unspecified atom stereocenters. The number of anilines is 1. The highest BCUT2D eigenvalue weighted by atomic mass is 19.1. The highest BCUT2D eigenvalue weighted by Crippen LogP contribution is 2.47. The molecule has 4 aromatic rings. The molecule has 2 bridgehead atoms. The number of phenolic OH excluding ortho intramolecular Hbond substituents is 1. The lowest BCUT2D eigenvalue weighted by Gasteiger charge is -2.34. The van der Waals surface area contributed by atoms with Crippen molar-refractivity contribution in [1.29, 1.82) is 0 Å². The lowest BCUT2D eigenvalue weighted by molar-refractivity contribution is 0.165. The first kappa shape index (κ1) is 30.3. The fourth-order valence-electron chi connectivity index (χ4n) is 8.00. The molecular formula is C37H40F2N6O2. The Morgan fingerprint density at radius 3 is 2.60 bits per heavy atom. The van der Waals surface area contributed by atoms with Crippen LogP contribution in [0.3, 0.4) is 0 Å². The zero-order chi connectivity index (χ0) is 32.3. The topological polar surface area (TPSA) is 86.6 Å². The van der Waals surface area contributed by atoms with E-state index >= 15 is 4.39 Å². The van der Waals surface area contributed by atoms with Crippen molar-refractivity contribution in [3.05, 3.63) is 47.4 Å². The van der Waals surface area contributed by atoms with E-state index in [4.69, 9.17) is 26.1 Å². The fourth-order valence-corrected chi connectivity index (χ4v) is 8.00. The maximum Gasteiger partial charge on any atom is 0.319 e. The number of rotatable bonds is 9. The number of halogens is 2. The van der Waals surface area contributed by atoms with Gasteiger partial charge in [-0.05, 0) is 73.2 Å². The SMILES string of the molecule is C#Cc1c(F)ccc2cc(O)cc(-c3cnc4c(N5CC6CCC(C5)N6)nc(OCC5(CN6CC[C@@H](F)C6)CC5)nc4c3CCC)c12. The number of hydrogen-bond donors (Lipinski definition) is 2. The number of hydrogen-bond acceptors (Lipinski definition) is 8. The van der Waals surface area contributed by atoms with Crippen LogP contribution in [0.15, 0.2) is 30.5 Å². The summed E-state index contributed by atoms with van der Waals surface area (Å²) in [7, 11) is 0. The van der Waals surface area contributed by atoms with E-state index in [0.29, 0.717) is 71.5 Å². The first-order valence-electron chi connectivity index (χ1n) is 16.9. The van der Waals surface area contributed by atoms with E-state index in [0.717, 1.165) is 75.2 Å². The van der Waals surface area contributed by atoms with Gasteiger partial charge in [0.25, 0.3) is 0 Å². The van der Waals surface area contributed by atoms with Gasteiger partial charge in [-0.25, -0.2) is 8.78 Å². The Morgan fingerprint density at radius 1 is 1.09 bits per heavy atom. The summed E-state index contributed by atoms with van der Waals surface area (Å²) < 4.78 is 35.4. The summed E-state index contributed by atoms with van der Waals surface area (Å²) in [5, 5.41) is 15.7. The van der Waals surface area contributed by atoms with Gasteiger partial charge in [-0.2, -0.15) is 9.97 Å². The molecule has 2 aromatic carbocycles. The van der Waals surface area contributed by atoms with Crippen LogP contribution in [0.1, 0.15) is 56.6 Å². The number of terminal acetylenes is 1. The minimum atomic E-state index is -0.747. The summed E-state index contributed by atoms with van der Waals surface area (Å²) in [5.41, 5.74) is 3.81. The van der Waals surface area contributed by atoms with Crippen molar-refractivity contribution in [2.24, 2.45) is 5.41 Å². The Labute approximate surface area is 273 Å². The molecule has 10 heteroatoms. The van der Waals surface area contributed by atoms with E-state index < -0.39 is 12.0 Å². The van der Waals surface area contributed by atoms with Crippen LogP contribution in [0.4, 0.5) is 14.6 Å². The molecule has 4 fully saturated rings. The second-order valence-corrected chi connectivity index (χ2v) is 14.0. The number of aromatic hydroxyl groups is 1. The van der Waals surface area contributed by atoms with Crippen molar-refractivity contribution in [1.82, 2.24) is 25.2 Å². The van der Waals surface area contributed by atoms with Gasteiger partial charge in [0.05, 0.1) is 12.2 Å². The highest BCUT2D eigenvalue weighted by molar-refractivity contribution is 6.04. The maximum atomic E-state index is 15.0. The summed E-state index contributed by atoms with van der Waals surface area (Å²) >= 11 is 0.